The van der Waals surface area contributed by atoms with E-state index in [9.17, 15) is 4.79 Å². The first-order valence-electron chi connectivity index (χ1n) is 5.60. The van der Waals surface area contributed by atoms with E-state index in [4.69, 9.17) is 21.4 Å². The smallest absolute Gasteiger partial charge is 0.357 e. The van der Waals surface area contributed by atoms with E-state index in [1.165, 1.54) is 7.11 Å². The van der Waals surface area contributed by atoms with Crippen LogP contribution in [0.5, 0.6) is 5.75 Å². The quantitative estimate of drug-likeness (QED) is 0.927. The van der Waals surface area contributed by atoms with Gasteiger partial charge in [0.05, 0.1) is 7.11 Å². The molecule has 0 atom stereocenters. The SMILES string of the molecule is COc1cc(C2CC2)cn2c(Cl)c(C(=O)O)nc12. The van der Waals surface area contributed by atoms with Crippen LogP contribution in [0.25, 0.3) is 5.65 Å². The first-order chi connectivity index (χ1) is 8.61. The number of rotatable bonds is 3. The van der Waals surface area contributed by atoms with Gasteiger partial charge >= 0.3 is 5.97 Å². The third kappa shape index (κ3) is 1.62. The molecule has 2 heterocycles. The van der Waals surface area contributed by atoms with Crippen molar-refractivity contribution >= 4 is 23.2 Å². The van der Waals surface area contributed by atoms with E-state index in [2.05, 4.69) is 4.98 Å². The lowest BCUT2D eigenvalue weighted by Gasteiger charge is -2.06. The van der Waals surface area contributed by atoms with Crippen molar-refractivity contribution in [1.29, 1.82) is 0 Å². The van der Waals surface area contributed by atoms with Crippen LogP contribution in [0.1, 0.15) is 34.8 Å². The topological polar surface area (TPSA) is 63.8 Å². The number of hydrogen-bond acceptors (Lipinski definition) is 3. The van der Waals surface area contributed by atoms with E-state index in [1.807, 2.05) is 12.3 Å². The molecule has 0 spiro atoms. The fraction of sp³-hybridized carbons (Fsp3) is 0.333. The number of fused-ring (bicyclic) bond motifs is 1. The van der Waals surface area contributed by atoms with Crippen molar-refractivity contribution in [3.05, 3.63) is 28.7 Å². The van der Waals surface area contributed by atoms with E-state index in [1.54, 1.807) is 4.40 Å². The molecule has 1 aliphatic rings. The van der Waals surface area contributed by atoms with Crippen molar-refractivity contribution in [2.24, 2.45) is 0 Å². The highest BCUT2D eigenvalue weighted by Gasteiger charge is 2.27. The van der Waals surface area contributed by atoms with Gasteiger partial charge in [-0.1, -0.05) is 11.6 Å². The lowest BCUT2D eigenvalue weighted by atomic mass is 10.2. The van der Waals surface area contributed by atoms with Crippen molar-refractivity contribution in [3.63, 3.8) is 0 Å². The largest absolute Gasteiger partial charge is 0.493 e. The second kappa shape index (κ2) is 3.88. The molecular formula is C12H11ClN2O3. The van der Waals surface area contributed by atoms with Crippen LogP contribution >= 0.6 is 11.6 Å². The summed E-state index contributed by atoms with van der Waals surface area (Å²) in [5.74, 6) is -0.0671. The van der Waals surface area contributed by atoms with Crippen molar-refractivity contribution in [1.82, 2.24) is 9.38 Å². The molecule has 1 aliphatic carbocycles. The number of halogens is 1. The number of imidazole rings is 1. The van der Waals surface area contributed by atoms with Crippen LogP contribution in [-0.2, 0) is 0 Å². The Morgan fingerprint density at radius 1 is 1.61 bits per heavy atom. The van der Waals surface area contributed by atoms with Gasteiger partial charge in [0.1, 0.15) is 5.15 Å². The van der Waals surface area contributed by atoms with Crippen LogP contribution in [0.2, 0.25) is 5.15 Å². The van der Waals surface area contributed by atoms with E-state index >= 15 is 0 Å². The number of aromatic nitrogens is 2. The zero-order valence-corrected chi connectivity index (χ0v) is 10.4. The summed E-state index contributed by atoms with van der Waals surface area (Å²) in [5, 5.41) is 9.13. The van der Waals surface area contributed by atoms with Gasteiger partial charge in [0.15, 0.2) is 17.1 Å². The molecule has 6 heteroatoms. The second-order valence-corrected chi connectivity index (χ2v) is 4.72. The van der Waals surface area contributed by atoms with Crippen molar-refractivity contribution in [2.45, 2.75) is 18.8 Å². The van der Waals surface area contributed by atoms with Gasteiger partial charge in [0.2, 0.25) is 0 Å². The molecule has 1 N–H and O–H groups in total. The van der Waals surface area contributed by atoms with Crippen LogP contribution < -0.4 is 4.74 Å². The van der Waals surface area contributed by atoms with E-state index in [0.29, 0.717) is 17.3 Å². The minimum atomic E-state index is -1.14. The van der Waals surface area contributed by atoms with Gasteiger partial charge in [-0.2, -0.15) is 0 Å². The number of carboxylic acid groups (broad SMARTS) is 1. The van der Waals surface area contributed by atoms with Crippen molar-refractivity contribution in [3.8, 4) is 5.75 Å². The zero-order chi connectivity index (χ0) is 12.9. The van der Waals surface area contributed by atoms with Gasteiger partial charge in [-0.05, 0) is 30.4 Å². The number of nitrogens with zero attached hydrogens (tertiary/aromatic N) is 2. The number of carbonyl (C=O) groups is 1. The second-order valence-electron chi connectivity index (χ2n) is 4.37. The average Bonchev–Trinajstić information content (AvgIpc) is 3.14. The molecule has 0 aromatic carbocycles. The number of methoxy groups -OCH3 is 1. The summed E-state index contributed by atoms with van der Waals surface area (Å²) >= 11 is 6.04. The monoisotopic (exact) mass is 266 g/mol. The fourth-order valence-electron chi connectivity index (χ4n) is 2.03. The molecule has 0 saturated heterocycles. The molecule has 94 valence electrons. The Morgan fingerprint density at radius 2 is 2.33 bits per heavy atom. The van der Waals surface area contributed by atoms with Gasteiger partial charge in [0, 0.05) is 6.20 Å². The summed E-state index contributed by atoms with van der Waals surface area (Å²) in [7, 11) is 1.54. The van der Waals surface area contributed by atoms with Gasteiger partial charge in [0.25, 0.3) is 0 Å². The number of pyridine rings is 1. The van der Waals surface area contributed by atoms with Crippen molar-refractivity contribution < 1.29 is 14.6 Å². The highest BCUT2D eigenvalue weighted by Crippen LogP contribution is 2.42. The molecule has 2 aromatic heterocycles. The molecule has 0 aliphatic heterocycles. The summed E-state index contributed by atoms with van der Waals surface area (Å²) in [5.41, 5.74) is 1.39. The van der Waals surface area contributed by atoms with Crippen molar-refractivity contribution in [2.75, 3.05) is 7.11 Å². The number of ether oxygens (including phenoxy) is 1. The molecule has 0 amide bonds. The molecule has 0 radical (unpaired) electrons. The number of hydrogen-bond donors (Lipinski definition) is 1. The molecule has 3 rings (SSSR count). The maximum atomic E-state index is 11.0. The number of aromatic carboxylic acids is 1. The van der Waals surface area contributed by atoms with Gasteiger partial charge in [-0.15, -0.1) is 0 Å². The van der Waals surface area contributed by atoms with E-state index in [-0.39, 0.29) is 10.8 Å². The number of carboxylic acids is 1. The predicted molar refractivity (Wildman–Crippen MR) is 65.7 cm³/mol. The molecule has 5 nitrogen and oxygen atoms in total. The van der Waals surface area contributed by atoms with Gasteiger partial charge in [-0.3, -0.25) is 4.40 Å². The maximum Gasteiger partial charge on any atom is 0.357 e. The van der Waals surface area contributed by atoms with Gasteiger partial charge < -0.3 is 9.84 Å². The van der Waals surface area contributed by atoms with Crippen LogP contribution in [0.15, 0.2) is 12.3 Å². The molecule has 2 aromatic rings. The van der Waals surface area contributed by atoms with Gasteiger partial charge in [-0.25, -0.2) is 9.78 Å². The predicted octanol–water partition coefficient (Wildman–Crippen LogP) is 2.57. The Morgan fingerprint density at radius 3 is 2.89 bits per heavy atom. The summed E-state index contributed by atoms with van der Waals surface area (Å²) in [6, 6.07) is 1.90. The summed E-state index contributed by atoms with van der Waals surface area (Å²) in [6.07, 6.45) is 4.14. The summed E-state index contributed by atoms with van der Waals surface area (Å²) in [4.78, 5) is 15.0. The normalized spacial score (nSPS) is 15.0. The van der Waals surface area contributed by atoms with E-state index < -0.39 is 5.97 Å². The lowest BCUT2D eigenvalue weighted by Crippen LogP contribution is -1.97. The van der Waals surface area contributed by atoms with Crippen LogP contribution in [-0.4, -0.2) is 27.6 Å². The van der Waals surface area contributed by atoms with E-state index in [0.717, 1.165) is 18.4 Å². The minimum absolute atomic E-state index is 0.110. The average molecular weight is 267 g/mol. The fourth-order valence-corrected chi connectivity index (χ4v) is 2.29. The molecule has 1 fully saturated rings. The first kappa shape index (κ1) is 11.3. The Hall–Kier alpha value is -1.75. The minimum Gasteiger partial charge on any atom is -0.493 e. The molecular weight excluding hydrogens is 256 g/mol. The Kier molecular flexibility index (Phi) is 2.45. The highest BCUT2D eigenvalue weighted by molar-refractivity contribution is 6.32. The molecule has 0 bridgehead atoms. The Balaban J connectivity index is 2.29. The maximum absolute atomic E-state index is 11.0. The van der Waals surface area contributed by atoms with Crippen LogP contribution in [0.3, 0.4) is 0 Å². The first-order valence-corrected chi connectivity index (χ1v) is 5.98. The summed E-state index contributed by atoms with van der Waals surface area (Å²) in [6.45, 7) is 0. The molecule has 0 unspecified atom stereocenters. The lowest BCUT2D eigenvalue weighted by molar-refractivity contribution is 0.0691. The third-order valence-electron chi connectivity index (χ3n) is 3.12. The van der Waals surface area contributed by atoms with Crippen LogP contribution in [0.4, 0.5) is 0 Å². The molecule has 1 saturated carbocycles. The highest BCUT2D eigenvalue weighted by atomic mass is 35.5. The Labute approximate surface area is 108 Å². The zero-order valence-electron chi connectivity index (χ0n) is 9.68. The Bertz CT molecular complexity index is 646. The third-order valence-corrected chi connectivity index (χ3v) is 3.48. The van der Waals surface area contributed by atoms with Crippen LogP contribution in [0, 0.1) is 0 Å². The standard InChI is InChI=1S/C12H11ClN2O3/c1-18-8-4-7(6-2-3-6)5-15-10(13)9(12(16)17)14-11(8)15/h4-6H,2-3H2,1H3,(H,16,17). The summed E-state index contributed by atoms with van der Waals surface area (Å²) < 4.78 is 6.84. The molecule has 18 heavy (non-hydrogen) atoms.